The van der Waals surface area contributed by atoms with Gasteiger partial charge in [0.15, 0.2) is 0 Å². The average molecular weight is 269 g/mol. The Morgan fingerprint density at radius 3 is 2.79 bits per heavy atom. The van der Waals surface area contributed by atoms with E-state index in [-0.39, 0.29) is 17.6 Å². The van der Waals surface area contributed by atoms with Gasteiger partial charge in [-0.25, -0.2) is 0 Å². The lowest BCUT2D eigenvalue weighted by atomic mass is 10.0. The van der Waals surface area contributed by atoms with Crippen molar-refractivity contribution in [2.24, 2.45) is 0 Å². The Labute approximate surface area is 116 Å². The van der Waals surface area contributed by atoms with Crippen molar-refractivity contribution in [3.63, 3.8) is 0 Å². The fourth-order valence-electron chi connectivity index (χ4n) is 2.78. The van der Waals surface area contributed by atoms with Crippen LogP contribution in [0, 0.1) is 0 Å². The molecule has 0 aromatic rings. The summed E-state index contributed by atoms with van der Waals surface area (Å²) in [5.74, 6) is 0.0981. The highest BCUT2D eigenvalue weighted by Gasteiger charge is 2.29. The van der Waals surface area contributed by atoms with Gasteiger partial charge in [0, 0.05) is 25.2 Å². The quantitative estimate of drug-likeness (QED) is 0.756. The number of nitrogens with one attached hydrogen (secondary N) is 2. The fraction of sp³-hybridized carbons (Fsp3) is 0.929. The zero-order chi connectivity index (χ0) is 13.7. The molecule has 0 aromatic carbocycles. The molecule has 2 fully saturated rings. The molecule has 1 atom stereocenters. The van der Waals surface area contributed by atoms with Gasteiger partial charge in [0.2, 0.25) is 5.91 Å². The predicted molar refractivity (Wildman–Crippen MR) is 75.1 cm³/mol. The van der Waals surface area contributed by atoms with Gasteiger partial charge in [0.05, 0.1) is 19.1 Å². The summed E-state index contributed by atoms with van der Waals surface area (Å²) < 4.78 is 5.55. The Kier molecular flexibility index (Phi) is 5.19. The van der Waals surface area contributed by atoms with Crippen molar-refractivity contribution >= 4 is 5.91 Å². The van der Waals surface area contributed by atoms with Crippen LogP contribution in [-0.2, 0) is 9.53 Å². The van der Waals surface area contributed by atoms with Gasteiger partial charge in [0.25, 0.3) is 0 Å². The van der Waals surface area contributed by atoms with Crippen LogP contribution in [0.4, 0.5) is 0 Å². The van der Waals surface area contributed by atoms with Crippen LogP contribution in [0.3, 0.4) is 0 Å². The van der Waals surface area contributed by atoms with Crippen LogP contribution >= 0.6 is 0 Å². The second-order valence-electron chi connectivity index (χ2n) is 6.18. The SMILES string of the molecule is CC(C)(CNC(=O)C[C@@H]1CNCCO1)N1CCCC1. The van der Waals surface area contributed by atoms with Crippen molar-refractivity contribution in [1.29, 1.82) is 0 Å². The van der Waals surface area contributed by atoms with Crippen molar-refractivity contribution in [1.82, 2.24) is 15.5 Å². The van der Waals surface area contributed by atoms with Crippen LogP contribution in [0.25, 0.3) is 0 Å². The first-order valence-corrected chi connectivity index (χ1v) is 7.42. The lowest BCUT2D eigenvalue weighted by molar-refractivity contribution is -0.125. The molecule has 0 bridgehead atoms. The minimum atomic E-state index is 0.0312. The van der Waals surface area contributed by atoms with Gasteiger partial charge in [-0.2, -0.15) is 0 Å². The number of likely N-dealkylation sites (tertiary alicyclic amines) is 1. The van der Waals surface area contributed by atoms with E-state index < -0.39 is 0 Å². The van der Waals surface area contributed by atoms with E-state index in [2.05, 4.69) is 29.4 Å². The molecule has 0 aliphatic carbocycles. The van der Waals surface area contributed by atoms with E-state index in [1.54, 1.807) is 0 Å². The van der Waals surface area contributed by atoms with E-state index in [9.17, 15) is 4.79 Å². The van der Waals surface area contributed by atoms with E-state index >= 15 is 0 Å². The number of amides is 1. The maximum atomic E-state index is 11.9. The van der Waals surface area contributed by atoms with Gasteiger partial charge in [0.1, 0.15) is 0 Å². The molecule has 2 aliphatic rings. The number of ether oxygens (including phenoxy) is 1. The Morgan fingerprint density at radius 2 is 2.16 bits per heavy atom. The molecule has 5 heteroatoms. The molecule has 0 radical (unpaired) electrons. The summed E-state index contributed by atoms with van der Waals surface area (Å²) in [4.78, 5) is 14.4. The van der Waals surface area contributed by atoms with Crippen LogP contribution in [-0.4, -0.2) is 61.8 Å². The predicted octanol–water partition coefficient (Wildman–Crippen LogP) is 0.356. The lowest BCUT2D eigenvalue weighted by Crippen LogP contribution is -2.51. The van der Waals surface area contributed by atoms with Crippen LogP contribution in [0.5, 0.6) is 0 Å². The van der Waals surface area contributed by atoms with E-state index in [1.165, 1.54) is 12.8 Å². The summed E-state index contributed by atoms with van der Waals surface area (Å²) in [7, 11) is 0. The van der Waals surface area contributed by atoms with Crippen LogP contribution in [0.1, 0.15) is 33.1 Å². The van der Waals surface area contributed by atoms with Crippen molar-refractivity contribution in [2.75, 3.05) is 39.3 Å². The lowest BCUT2D eigenvalue weighted by Gasteiger charge is -2.35. The molecule has 19 heavy (non-hydrogen) atoms. The molecule has 2 saturated heterocycles. The van der Waals surface area contributed by atoms with Gasteiger partial charge < -0.3 is 15.4 Å². The maximum absolute atomic E-state index is 11.9. The first kappa shape index (κ1) is 14.8. The Balaban J connectivity index is 1.69. The highest BCUT2D eigenvalue weighted by Crippen LogP contribution is 2.20. The van der Waals surface area contributed by atoms with E-state index in [1.807, 2.05) is 0 Å². The molecular formula is C14H27N3O2. The number of nitrogens with zero attached hydrogens (tertiary/aromatic N) is 1. The Morgan fingerprint density at radius 1 is 1.42 bits per heavy atom. The molecule has 0 saturated carbocycles. The third kappa shape index (κ3) is 4.44. The van der Waals surface area contributed by atoms with E-state index in [0.717, 1.165) is 26.2 Å². The summed E-state index contributed by atoms with van der Waals surface area (Å²) in [6.07, 6.45) is 3.05. The topological polar surface area (TPSA) is 53.6 Å². The number of hydrogen-bond acceptors (Lipinski definition) is 4. The van der Waals surface area contributed by atoms with Crippen molar-refractivity contribution in [2.45, 2.75) is 44.8 Å². The molecule has 2 N–H and O–H groups in total. The molecule has 0 spiro atoms. The van der Waals surface area contributed by atoms with E-state index in [4.69, 9.17) is 4.74 Å². The smallest absolute Gasteiger partial charge is 0.222 e. The van der Waals surface area contributed by atoms with Crippen LogP contribution in [0.2, 0.25) is 0 Å². The second-order valence-corrected chi connectivity index (χ2v) is 6.18. The molecule has 1 amide bonds. The fourth-order valence-corrected chi connectivity index (χ4v) is 2.78. The molecule has 5 nitrogen and oxygen atoms in total. The van der Waals surface area contributed by atoms with Crippen molar-refractivity contribution in [3.8, 4) is 0 Å². The van der Waals surface area contributed by atoms with Crippen molar-refractivity contribution in [3.05, 3.63) is 0 Å². The first-order valence-electron chi connectivity index (χ1n) is 7.42. The second kappa shape index (κ2) is 6.68. The average Bonchev–Trinajstić information content (AvgIpc) is 2.92. The summed E-state index contributed by atoms with van der Waals surface area (Å²) >= 11 is 0. The minimum absolute atomic E-state index is 0.0312. The zero-order valence-electron chi connectivity index (χ0n) is 12.2. The van der Waals surface area contributed by atoms with Gasteiger partial charge in [-0.15, -0.1) is 0 Å². The summed E-state index contributed by atoms with van der Waals surface area (Å²) in [5, 5.41) is 6.30. The molecule has 2 rings (SSSR count). The van der Waals surface area contributed by atoms with Gasteiger partial charge in [-0.1, -0.05) is 0 Å². The van der Waals surface area contributed by atoms with Gasteiger partial charge in [-0.05, 0) is 39.8 Å². The number of carbonyl (C=O) groups is 1. The number of hydrogen-bond donors (Lipinski definition) is 2. The zero-order valence-corrected chi connectivity index (χ0v) is 12.2. The molecule has 2 aliphatic heterocycles. The number of carbonyl (C=O) groups excluding carboxylic acids is 1. The molecule has 0 unspecified atom stereocenters. The first-order chi connectivity index (χ1) is 9.08. The highest BCUT2D eigenvalue weighted by molar-refractivity contribution is 5.76. The maximum Gasteiger partial charge on any atom is 0.222 e. The van der Waals surface area contributed by atoms with Crippen LogP contribution < -0.4 is 10.6 Å². The minimum Gasteiger partial charge on any atom is -0.375 e. The standard InChI is InChI=1S/C14H27N3O2/c1-14(2,17-6-3-4-7-17)11-16-13(18)9-12-10-15-5-8-19-12/h12,15H,3-11H2,1-2H3,(H,16,18)/t12-/m1/s1. The number of rotatable bonds is 5. The highest BCUT2D eigenvalue weighted by atomic mass is 16.5. The molecular weight excluding hydrogens is 242 g/mol. The molecule has 0 aromatic heterocycles. The molecule has 110 valence electrons. The summed E-state index contributed by atoms with van der Waals surface area (Å²) in [5.41, 5.74) is 0.0534. The third-order valence-electron chi connectivity index (χ3n) is 4.10. The number of morpholine rings is 1. The Hall–Kier alpha value is -0.650. The third-order valence-corrected chi connectivity index (χ3v) is 4.10. The van der Waals surface area contributed by atoms with Gasteiger partial charge >= 0.3 is 0 Å². The van der Waals surface area contributed by atoms with E-state index in [0.29, 0.717) is 19.6 Å². The van der Waals surface area contributed by atoms with Crippen LogP contribution in [0.15, 0.2) is 0 Å². The monoisotopic (exact) mass is 269 g/mol. The Bertz CT molecular complexity index is 295. The molecule has 2 heterocycles. The van der Waals surface area contributed by atoms with Gasteiger partial charge in [-0.3, -0.25) is 9.69 Å². The largest absolute Gasteiger partial charge is 0.375 e. The van der Waals surface area contributed by atoms with Crippen molar-refractivity contribution < 1.29 is 9.53 Å². The summed E-state index contributed by atoms with van der Waals surface area (Å²) in [6.45, 7) is 9.80. The normalized spacial score (nSPS) is 25.5. The summed E-state index contributed by atoms with van der Waals surface area (Å²) in [6, 6.07) is 0.